The van der Waals surface area contributed by atoms with Gasteiger partial charge in [0.05, 0.1) is 11.6 Å². The van der Waals surface area contributed by atoms with E-state index >= 15 is 0 Å². The second kappa shape index (κ2) is 2.43. The molecule has 0 amide bonds. The fourth-order valence-corrected chi connectivity index (χ4v) is 0.764. The lowest BCUT2D eigenvalue weighted by atomic mass is 10.4. The molecular weight excluding hydrogens is 132 g/mol. The van der Waals surface area contributed by atoms with Gasteiger partial charge in [0.25, 0.3) is 0 Å². The van der Waals surface area contributed by atoms with Crippen LogP contribution in [0.5, 0.6) is 0 Å². The Morgan fingerprint density at radius 1 is 1.78 bits per heavy atom. The molecule has 0 radical (unpaired) electrons. The Morgan fingerprint density at radius 3 is 2.67 bits per heavy atom. The molecule has 0 aromatic carbocycles. The largest absolute Gasteiger partial charge is 0.260 e. The third kappa shape index (κ3) is 1.48. The third-order valence-electron chi connectivity index (χ3n) is 1.11. The van der Waals surface area contributed by atoms with E-state index in [1.165, 1.54) is 5.56 Å². The van der Waals surface area contributed by atoms with Gasteiger partial charge in [-0.05, 0) is 19.4 Å². The van der Waals surface area contributed by atoms with Gasteiger partial charge in [-0.25, -0.2) is 0 Å². The van der Waals surface area contributed by atoms with Gasteiger partial charge in [-0.2, -0.15) is 17.7 Å². The van der Waals surface area contributed by atoms with E-state index in [0.29, 0.717) is 0 Å². The van der Waals surface area contributed by atoms with E-state index in [0.717, 1.165) is 0 Å². The predicted molar refractivity (Wildman–Crippen MR) is 40.7 cm³/mol. The zero-order valence-electron chi connectivity index (χ0n) is 5.57. The van der Waals surface area contributed by atoms with Gasteiger partial charge < -0.3 is 0 Å². The molecule has 1 atom stereocenters. The van der Waals surface area contributed by atoms with Crippen LogP contribution < -0.4 is 0 Å². The van der Waals surface area contributed by atoms with E-state index in [-0.39, 0.29) is 5.37 Å². The molecule has 50 valence electrons. The van der Waals surface area contributed by atoms with Crippen molar-refractivity contribution < 1.29 is 0 Å². The maximum Gasteiger partial charge on any atom is 0.0914 e. The van der Waals surface area contributed by atoms with E-state index in [1.807, 2.05) is 30.9 Å². The summed E-state index contributed by atoms with van der Waals surface area (Å²) in [7, 11) is 0. The van der Waals surface area contributed by atoms with Gasteiger partial charge in [-0.3, -0.25) is 4.68 Å². The molecule has 0 fully saturated rings. The molecular formula is C6H10N2S. The molecule has 0 aliphatic heterocycles. The van der Waals surface area contributed by atoms with Crippen LogP contribution in [0.1, 0.15) is 17.9 Å². The lowest BCUT2D eigenvalue weighted by Crippen LogP contribution is -1.97. The number of aromatic nitrogens is 2. The molecule has 1 unspecified atom stereocenters. The fourth-order valence-electron chi connectivity index (χ4n) is 0.637. The number of rotatable bonds is 1. The second-order valence-corrected chi connectivity index (χ2v) is 2.88. The highest BCUT2D eigenvalue weighted by atomic mass is 32.1. The first-order valence-corrected chi connectivity index (χ1v) is 3.40. The van der Waals surface area contributed by atoms with Crippen LogP contribution in [-0.2, 0) is 0 Å². The molecule has 0 aliphatic carbocycles. The van der Waals surface area contributed by atoms with E-state index in [2.05, 4.69) is 17.7 Å². The lowest BCUT2D eigenvalue weighted by Gasteiger charge is -2.01. The number of aryl methyl sites for hydroxylation is 1. The third-order valence-corrected chi connectivity index (χ3v) is 1.35. The molecule has 0 bridgehead atoms. The summed E-state index contributed by atoms with van der Waals surface area (Å²) in [6.45, 7) is 4.00. The monoisotopic (exact) mass is 142 g/mol. The minimum atomic E-state index is 0.179. The van der Waals surface area contributed by atoms with Crippen molar-refractivity contribution in [2.24, 2.45) is 0 Å². The van der Waals surface area contributed by atoms with E-state index in [9.17, 15) is 0 Å². The van der Waals surface area contributed by atoms with Crippen LogP contribution in [0.4, 0.5) is 0 Å². The SMILES string of the molecule is Cc1cnn(C(C)S)c1. The Hall–Kier alpha value is -0.440. The summed E-state index contributed by atoms with van der Waals surface area (Å²) in [6.07, 6.45) is 3.80. The summed E-state index contributed by atoms with van der Waals surface area (Å²) >= 11 is 4.20. The van der Waals surface area contributed by atoms with Crippen molar-refractivity contribution in [2.45, 2.75) is 19.2 Å². The van der Waals surface area contributed by atoms with Gasteiger partial charge in [-0.15, -0.1) is 0 Å². The first-order chi connectivity index (χ1) is 4.20. The van der Waals surface area contributed by atoms with Crippen LogP contribution in [0, 0.1) is 6.92 Å². The molecule has 1 aromatic heterocycles. The van der Waals surface area contributed by atoms with Crippen molar-refractivity contribution in [1.82, 2.24) is 9.78 Å². The van der Waals surface area contributed by atoms with Crippen molar-refractivity contribution in [1.29, 1.82) is 0 Å². The smallest absolute Gasteiger partial charge is 0.0914 e. The number of hydrogen-bond acceptors (Lipinski definition) is 2. The summed E-state index contributed by atoms with van der Waals surface area (Å²) in [5.41, 5.74) is 1.18. The Kier molecular flexibility index (Phi) is 1.81. The van der Waals surface area contributed by atoms with Crippen LogP contribution in [0.2, 0.25) is 0 Å². The van der Waals surface area contributed by atoms with Crippen molar-refractivity contribution in [3.8, 4) is 0 Å². The van der Waals surface area contributed by atoms with Crippen molar-refractivity contribution in [3.05, 3.63) is 18.0 Å². The highest BCUT2D eigenvalue weighted by Gasteiger charge is 1.96. The average Bonchev–Trinajstić information content (AvgIpc) is 2.14. The van der Waals surface area contributed by atoms with Gasteiger partial charge in [-0.1, -0.05) is 0 Å². The quantitative estimate of drug-likeness (QED) is 0.590. The highest BCUT2D eigenvalue weighted by Crippen LogP contribution is 2.08. The van der Waals surface area contributed by atoms with Crippen molar-refractivity contribution in [3.63, 3.8) is 0 Å². The molecule has 0 saturated carbocycles. The van der Waals surface area contributed by atoms with Crippen LogP contribution >= 0.6 is 12.6 Å². The molecule has 2 nitrogen and oxygen atoms in total. The summed E-state index contributed by atoms with van der Waals surface area (Å²) < 4.78 is 1.82. The predicted octanol–water partition coefficient (Wildman–Crippen LogP) is 1.64. The zero-order chi connectivity index (χ0) is 6.85. The molecule has 1 heterocycles. The van der Waals surface area contributed by atoms with Crippen LogP contribution in [0.3, 0.4) is 0 Å². The van der Waals surface area contributed by atoms with Gasteiger partial charge in [0.15, 0.2) is 0 Å². The summed E-state index contributed by atoms with van der Waals surface area (Å²) in [4.78, 5) is 0. The maximum absolute atomic E-state index is 4.20. The van der Waals surface area contributed by atoms with Gasteiger partial charge >= 0.3 is 0 Å². The van der Waals surface area contributed by atoms with Gasteiger partial charge in [0, 0.05) is 6.20 Å². The first-order valence-electron chi connectivity index (χ1n) is 2.89. The Balaban J connectivity index is 2.85. The lowest BCUT2D eigenvalue weighted by molar-refractivity contribution is 0.646. The molecule has 1 aromatic rings. The summed E-state index contributed by atoms with van der Waals surface area (Å²) in [5.74, 6) is 0. The van der Waals surface area contributed by atoms with Crippen LogP contribution in [-0.4, -0.2) is 9.78 Å². The molecule has 3 heteroatoms. The van der Waals surface area contributed by atoms with E-state index < -0.39 is 0 Å². The summed E-state index contributed by atoms with van der Waals surface area (Å²) in [5, 5.41) is 4.23. The van der Waals surface area contributed by atoms with Gasteiger partial charge in [0.2, 0.25) is 0 Å². The van der Waals surface area contributed by atoms with Crippen molar-refractivity contribution in [2.75, 3.05) is 0 Å². The number of thiol groups is 1. The highest BCUT2D eigenvalue weighted by molar-refractivity contribution is 7.80. The normalized spacial score (nSPS) is 13.7. The van der Waals surface area contributed by atoms with Crippen LogP contribution in [0.15, 0.2) is 12.4 Å². The molecule has 9 heavy (non-hydrogen) atoms. The molecule has 0 N–H and O–H groups in total. The standard InChI is InChI=1S/C6H10N2S/c1-5-3-7-8(4-5)6(2)9/h3-4,6,9H,1-2H3. The number of nitrogens with zero attached hydrogens (tertiary/aromatic N) is 2. The topological polar surface area (TPSA) is 17.8 Å². The molecule has 0 spiro atoms. The van der Waals surface area contributed by atoms with E-state index in [1.54, 1.807) is 0 Å². The molecule has 1 rings (SSSR count). The zero-order valence-corrected chi connectivity index (χ0v) is 6.47. The first kappa shape index (κ1) is 6.68. The fraction of sp³-hybridized carbons (Fsp3) is 0.500. The van der Waals surface area contributed by atoms with Crippen molar-refractivity contribution >= 4 is 12.6 Å². The maximum atomic E-state index is 4.20. The Bertz CT molecular complexity index is 193. The minimum Gasteiger partial charge on any atom is -0.260 e. The molecule has 0 saturated heterocycles. The Morgan fingerprint density at radius 2 is 2.44 bits per heavy atom. The Labute approximate surface area is 60.3 Å². The van der Waals surface area contributed by atoms with Crippen LogP contribution in [0.25, 0.3) is 0 Å². The summed E-state index contributed by atoms with van der Waals surface area (Å²) in [6, 6.07) is 0. The second-order valence-electron chi connectivity index (χ2n) is 2.13. The minimum absolute atomic E-state index is 0.179. The molecule has 0 aliphatic rings. The average molecular weight is 142 g/mol. The van der Waals surface area contributed by atoms with E-state index in [4.69, 9.17) is 0 Å². The van der Waals surface area contributed by atoms with Gasteiger partial charge in [0.1, 0.15) is 0 Å². The number of hydrogen-bond donors (Lipinski definition) is 1.